The van der Waals surface area contributed by atoms with Crippen LogP contribution in [0.4, 0.5) is 11.4 Å². The van der Waals surface area contributed by atoms with Gasteiger partial charge < -0.3 is 9.64 Å². The van der Waals surface area contributed by atoms with Gasteiger partial charge in [-0.3, -0.25) is 15.0 Å². The maximum absolute atomic E-state index is 10.9. The van der Waals surface area contributed by atoms with Gasteiger partial charge in [0.25, 0.3) is 5.69 Å². The average molecular weight is 319 g/mol. The van der Waals surface area contributed by atoms with E-state index in [0.29, 0.717) is 6.04 Å². The third-order valence-corrected chi connectivity index (χ3v) is 4.97. The Hall–Kier alpha value is -1.66. The summed E-state index contributed by atoms with van der Waals surface area (Å²) in [5, 5.41) is 10.9. The zero-order valence-corrected chi connectivity index (χ0v) is 13.7. The van der Waals surface area contributed by atoms with Crippen LogP contribution < -0.4 is 4.90 Å². The summed E-state index contributed by atoms with van der Waals surface area (Å²) in [5.74, 6) is 0. The van der Waals surface area contributed by atoms with Crippen molar-refractivity contribution in [1.29, 1.82) is 0 Å². The molecule has 2 aliphatic rings. The Morgan fingerprint density at radius 3 is 2.65 bits per heavy atom. The molecule has 0 N–H and O–H groups in total. The highest BCUT2D eigenvalue weighted by Gasteiger charge is 2.24. The summed E-state index contributed by atoms with van der Waals surface area (Å²) in [6.07, 6.45) is 3.40. The second kappa shape index (κ2) is 7.27. The molecule has 2 heterocycles. The number of aryl methyl sites for hydroxylation is 1. The van der Waals surface area contributed by atoms with E-state index in [1.807, 2.05) is 13.0 Å². The summed E-state index contributed by atoms with van der Waals surface area (Å²) in [4.78, 5) is 15.5. The van der Waals surface area contributed by atoms with Gasteiger partial charge in [-0.2, -0.15) is 0 Å². The van der Waals surface area contributed by atoms with Crippen LogP contribution in [-0.2, 0) is 4.74 Å². The lowest BCUT2D eigenvalue weighted by Gasteiger charge is -2.33. The van der Waals surface area contributed by atoms with E-state index >= 15 is 0 Å². The van der Waals surface area contributed by atoms with Crippen molar-refractivity contribution in [3.8, 4) is 0 Å². The van der Waals surface area contributed by atoms with E-state index in [1.165, 1.54) is 0 Å². The van der Waals surface area contributed by atoms with Crippen molar-refractivity contribution in [2.24, 2.45) is 0 Å². The summed E-state index contributed by atoms with van der Waals surface area (Å²) in [6.45, 7) is 7.91. The van der Waals surface area contributed by atoms with Gasteiger partial charge in [0.2, 0.25) is 0 Å². The van der Waals surface area contributed by atoms with Gasteiger partial charge in [0.1, 0.15) is 0 Å². The lowest BCUT2D eigenvalue weighted by Crippen LogP contribution is -2.41. The molecule has 23 heavy (non-hydrogen) atoms. The first-order chi connectivity index (χ1) is 11.1. The summed E-state index contributed by atoms with van der Waals surface area (Å²) < 4.78 is 5.47. The van der Waals surface area contributed by atoms with Crippen molar-refractivity contribution in [1.82, 2.24) is 4.90 Å². The molecule has 2 aliphatic heterocycles. The molecule has 0 amide bonds. The van der Waals surface area contributed by atoms with E-state index in [0.717, 1.165) is 69.9 Å². The van der Waals surface area contributed by atoms with Gasteiger partial charge >= 0.3 is 0 Å². The van der Waals surface area contributed by atoms with E-state index in [4.69, 9.17) is 4.74 Å². The second-order valence-electron chi connectivity index (χ2n) is 6.45. The van der Waals surface area contributed by atoms with Crippen molar-refractivity contribution in [3.63, 3.8) is 0 Å². The molecule has 0 aromatic heterocycles. The molecule has 0 saturated carbocycles. The zero-order chi connectivity index (χ0) is 16.2. The quantitative estimate of drug-likeness (QED) is 0.633. The van der Waals surface area contributed by atoms with Gasteiger partial charge in [0, 0.05) is 63.3 Å². The largest absolute Gasteiger partial charge is 0.381 e. The Morgan fingerprint density at radius 2 is 1.96 bits per heavy atom. The lowest BCUT2D eigenvalue weighted by atomic mass is 10.1. The molecule has 6 heteroatoms. The first-order valence-electron chi connectivity index (χ1n) is 8.47. The topological polar surface area (TPSA) is 58.9 Å². The molecule has 2 fully saturated rings. The molecule has 6 nitrogen and oxygen atoms in total. The average Bonchev–Trinajstić information content (AvgIpc) is 2.81. The second-order valence-corrected chi connectivity index (χ2v) is 6.45. The molecular formula is C17H25N3O3. The minimum atomic E-state index is -0.327. The summed E-state index contributed by atoms with van der Waals surface area (Å²) >= 11 is 0. The maximum Gasteiger partial charge on any atom is 0.269 e. The van der Waals surface area contributed by atoms with Crippen LogP contribution in [0.25, 0.3) is 0 Å². The SMILES string of the molecule is Cc1cc([N+](=O)[O-])ccc1N1CCCN(C2CCOCC2)CC1. The molecule has 1 aromatic rings. The van der Waals surface area contributed by atoms with Crippen molar-refractivity contribution in [2.45, 2.75) is 32.2 Å². The smallest absolute Gasteiger partial charge is 0.269 e. The number of nitro benzene ring substituents is 1. The fourth-order valence-electron chi connectivity index (χ4n) is 3.70. The predicted octanol–water partition coefficient (Wildman–Crippen LogP) is 2.59. The van der Waals surface area contributed by atoms with Crippen LogP contribution in [-0.4, -0.2) is 55.3 Å². The molecule has 0 atom stereocenters. The van der Waals surface area contributed by atoms with Crippen LogP contribution in [0.2, 0.25) is 0 Å². The molecule has 0 aliphatic carbocycles. The number of rotatable bonds is 3. The first-order valence-corrected chi connectivity index (χ1v) is 8.47. The number of nitrogens with zero attached hydrogens (tertiary/aromatic N) is 3. The summed E-state index contributed by atoms with van der Waals surface area (Å²) in [5.41, 5.74) is 2.29. The number of ether oxygens (including phenoxy) is 1. The standard InChI is InChI=1S/C17H25N3O3/c1-14-13-16(20(21)22)3-4-17(14)19-8-2-7-18(9-10-19)15-5-11-23-12-6-15/h3-4,13,15H,2,5-12H2,1H3. The van der Waals surface area contributed by atoms with Crippen LogP contribution >= 0.6 is 0 Å². The molecule has 2 saturated heterocycles. The fourth-order valence-corrected chi connectivity index (χ4v) is 3.70. The van der Waals surface area contributed by atoms with Gasteiger partial charge in [-0.15, -0.1) is 0 Å². The van der Waals surface area contributed by atoms with Gasteiger partial charge in [-0.25, -0.2) is 0 Å². The number of hydrogen-bond acceptors (Lipinski definition) is 5. The summed E-state index contributed by atoms with van der Waals surface area (Å²) in [6, 6.07) is 5.85. The lowest BCUT2D eigenvalue weighted by molar-refractivity contribution is -0.384. The van der Waals surface area contributed by atoms with Crippen molar-refractivity contribution in [3.05, 3.63) is 33.9 Å². The number of anilines is 1. The van der Waals surface area contributed by atoms with Crippen LogP contribution in [0.5, 0.6) is 0 Å². The Balaban J connectivity index is 1.66. The maximum atomic E-state index is 10.9. The van der Waals surface area contributed by atoms with Crippen LogP contribution in [0.15, 0.2) is 18.2 Å². The Morgan fingerprint density at radius 1 is 1.17 bits per heavy atom. The van der Waals surface area contributed by atoms with Crippen molar-refractivity contribution >= 4 is 11.4 Å². The molecule has 3 rings (SSSR count). The molecular weight excluding hydrogens is 294 g/mol. The van der Waals surface area contributed by atoms with E-state index < -0.39 is 0 Å². The normalized spacial score (nSPS) is 21.2. The minimum Gasteiger partial charge on any atom is -0.381 e. The zero-order valence-electron chi connectivity index (χ0n) is 13.7. The van der Waals surface area contributed by atoms with Crippen LogP contribution in [0, 0.1) is 17.0 Å². The Kier molecular flexibility index (Phi) is 5.13. The van der Waals surface area contributed by atoms with E-state index in [2.05, 4.69) is 9.80 Å². The number of non-ortho nitro benzene ring substituents is 1. The highest BCUT2D eigenvalue weighted by molar-refractivity contribution is 5.57. The van der Waals surface area contributed by atoms with E-state index in [9.17, 15) is 10.1 Å². The van der Waals surface area contributed by atoms with Crippen molar-refractivity contribution in [2.75, 3.05) is 44.3 Å². The van der Waals surface area contributed by atoms with Gasteiger partial charge in [0.05, 0.1) is 4.92 Å². The highest BCUT2D eigenvalue weighted by atomic mass is 16.6. The molecule has 0 radical (unpaired) electrons. The third kappa shape index (κ3) is 3.82. The Labute approximate surface area is 137 Å². The van der Waals surface area contributed by atoms with Crippen molar-refractivity contribution < 1.29 is 9.66 Å². The molecule has 0 spiro atoms. The number of benzene rings is 1. The summed E-state index contributed by atoms with van der Waals surface area (Å²) in [7, 11) is 0. The minimum absolute atomic E-state index is 0.171. The van der Waals surface area contributed by atoms with Crippen LogP contribution in [0.3, 0.4) is 0 Å². The molecule has 126 valence electrons. The van der Waals surface area contributed by atoms with Crippen LogP contribution in [0.1, 0.15) is 24.8 Å². The first kappa shape index (κ1) is 16.2. The highest BCUT2D eigenvalue weighted by Crippen LogP contribution is 2.26. The molecule has 1 aromatic carbocycles. The van der Waals surface area contributed by atoms with E-state index in [1.54, 1.807) is 12.1 Å². The number of nitro groups is 1. The fraction of sp³-hybridized carbons (Fsp3) is 0.647. The van der Waals surface area contributed by atoms with E-state index in [-0.39, 0.29) is 10.6 Å². The number of hydrogen-bond donors (Lipinski definition) is 0. The monoisotopic (exact) mass is 319 g/mol. The van der Waals surface area contributed by atoms with Gasteiger partial charge in [0.15, 0.2) is 0 Å². The molecule has 0 bridgehead atoms. The van der Waals surface area contributed by atoms with Gasteiger partial charge in [-0.1, -0.05) is 0 Å². The van der Waals surface area contributed by atoms with Gasteiger partial charge in [-0.05, 0) is 37.8 Å². The Bertz CT molecular complexity index is 558. The third-order valence-electron chi connectivity index (χ3n) is 4.97. The molecule has 0 unspecified atom stereocenters. The predicted molar refractivity (Wildman–Crippen MR) is 90.1 cm³/mol.